The first kappa shape index (κ1) is 34.8. The van der Waals surface area contributed by atoms with Gasteiger partial charge in [0.05, 0.1) is 5.57 Å². The van der Waals surface area contributed by atoms with Crippen molar-refractivity contribution in [2.24, 2.45) is 0 Å². The van der Waals surface area contributed by atoms with Crippen molar-refractivity contribution in [3.05, 3.63) is 38.4 Å². The van der Waals surface area contributed by atoms with Gasteiger partial charge in [0, 0.05) is 23.8 Å². The first-order valence-electron chi connectivity index (χ1n) is 17.1. The number of aliphatic hydroxyl groups is 1. The van der Waals surface area contributed by atoms with Gasteiger partial charge in [0.25, 0.3) is 0 Å². The van der Waals surface area contributed by atoms with Crippen LogP contribution in [0.5, 0.6) is 0 Å². The Balaban J connectivity index is 1.50. The third-order valence-electron chi connectivity index (χ3n) is 8.38. The Morgan fingerprint density at radius 1 is 0.667 bits per heavy atom. The molecule has 5 nitrogen and oxygen atoms in total. The number of allylic oxidation sites excluding steroid dienone is 3. The van der Waals surface area contributed by atoms with Crippen LogP contribution in [0, 0.1) is 6.92 Å². The maximum Gasteiger partial charge on any atom is 0.239 e. The molecule has 1 aromatic heterocycles. The van der Waals surface area contributed by atoms with Gasteiger partial charge in [-0.2, -0.15) is 0 Å². The first-order chi connectivity index (χ1) is 20.6. The summed E-state index contributed by atoms with van der Waals surface area (Å²) in [6, 6.07) is 0. The lowest BCUT2D eigenvalue weighted by Gasteiger charge is -2.20. The molecule has 1 aliphatic heterocycles. The Bertz CT molecular complexity index is 1070. The SMILES string of the molecule is CCCCCCCCCCCC[N+](CCCCCCCCCCCC)=C1C=C/C(=C2/C(=O)C(c3nnc(C)s3)=C2O)S1. The predicted octanol–water partition coefficient (Wildman–Crippen LogP) is 10.5. The number of hydrogen-bond acceptors (Lipinski definition) is 6. The highest BCUT2D eigenvalue weighted by molar-refractivity contribution is 8.18. The number of Topliss-reactive ketones (excluding diaryl/α,β-unsaturated/α-hetero) is 1. The summed E-state index contributed by atoms with van der Waals surface area (Å²) in [6.45, 7) is 8.54. The van der Waals surface area contributed by atoms with E-state index >= 15 is 0 Å². The van der Waals surface area contributed by atoms with Crippen LogP contribution in [-0.4, -0.2) is 43.8 Å². The van der Waals surface area contributed by atoms with Crippen LogP contribution < -0.4 is 0 Å². The minimum absolute atomic E-state index is 0.0699. The number of carbonyl (C=O) groups is 1. The Hall–Kier alpha value is -1.73. The molecule has 3 rings (SSSR count). The lowest BCUT2D eigenvalue weighted by molar-refractivity contribution is -0.525. The molecule has 0 amide bonds. The van der Waals surface area contributed by atoms with Crippen LogP contribution in [0.1, 0.15) is 152 Å². The van der Waals surface area contributed by atoms with Crippen LogP contribution in [0.3, 0.4) is 0 Å². The number of ketones is 1. The van der Waals surface area contributed by atoms with Crippen molar-refractivity contribution < 1.29 is 14.5 Å². The third-order valence-corrected chi connectivity index (χ3v) is 10.4. The van der Waals surface area contributed by atoms with E-state index < -0.39 is 0 Å². The molecule has 0 spiro atoms. The quantitative estimate of drug-likeness (QED) is 0.0754. The fourth-order valence-corrected chi connectivity index (χ4v) is 7.61. The van der Waals surface area contributed by atoms with Gasteiger partial charge in [-0.15, -0.1) is 10.2 Å². The number of aromatic nitrogens is 2. The van der Waals surface area contributed by atoms with Crippen LogP contribution in [0.4, 0.5) is 0 Å². The van der Waals surface area contributed by atoms with Crippen molar-refractivity contribution in [1.82, 2.24) is 10.2 Å². The van der Waals surface area contributed by atoms with Gasteiger partial charge in [0.1, 0.15) is 29.4 Å². The zero-order valence-electron chi connectivity index (χ0n) is 26.7. The summed E-state index contributed by atoms with van der Waals surface area (Å²) in [5.41, 5.74) is 0.755. The van der Waals surface area contributed by atoms with Gasteiger partial charge in [-0.05, 0) is 37.6 Å². The molecule has 0 radical (unpaired) electrons. The molecule has 1 aromatic rings. The van der Waals surface area contributed by atoms with Crippen molar-refractivity contribution in [3.8, 4) is 0 Å². The van der Waals surface area contributed by atoms with Gasteiger partial charge in [0.15, 0.2) is 5.01 Å². The number of unbranched alkanes of at least 4 members (excludes halogenated alkanes) is 18. The molecule has 0 atom stereocenters. The van der Waals surface area contributed by atoms with Crippen LogP contribution >= 0.6 is 23.1 Å². The number of hydrogen-bond donors (Lipinski definition) is 1. The van der Waals surface area contributed by atoms with E-state index in [1.165, 1.54) is 145 Å². The van der Waals surface area contributed by atoms with Gasteiger partial charge in [-0.25, -0.2) is 4.58 Å². The first-order valence-corrected chi connectivity index (χ1v) is 18.7. The second kappa shape index (κ2) is 20.3. The Labute approximate surface area is 264 Å². The second-order valence-electron chi connectivity index (χ2n) is 12.0. The summed E-state index contributed by atoms with van der Waals surface area (Å²) in [7, 11) is 0. The summed E-state index contributed by atoms with van der Waals surface area (Å²) in [5.74, 6) is -0.0477. The summed E-state index contributed by atoms with van der Waals surface area (Å²) < 4.78 is 2.53. The molecule has 0 saturated carbocycles. The second-order valence-corrected chi connectivity index (χ2v) is 14.3. The molecule has 1 N–H and O–H groups in total. The van der Waals surface area contributed by atoms with Gasteiger partial charge < -0.3 is 5.11 Å². The molecule has 2 heterocycles. The predicted molar refractivity (Wildman–Crippen MR) is 182 cm³/mol. The van der Waals surface area contributed by atoms with Gasteiger partial charge in [-0.3, -0.25) is 4.79 Å². The third kappa shape index (κ3) is 11.4. The number of aryl methyl sites for hydroxylation is 1. The Morgan fingerprint density at radius 2 is 1.14 bits per heavy atom. The zero-order chi connectivity index (χ0) is 30.0. The zero-order valence-corrected chi connectivity index (χ0v) is 28.4. The maximum absolute atomic E-state index is 13.0. The number of thioether (sulfide) groups is 1. The van der Waals surface area contributed by atoms with E-state index in [1.54, 1.807) is 11.8 Å². The molecule has 1 aliphatic carbocycles. The topological polar surface area (TPSA) is 66.1 Å². The largest absolute Gasteiger partial charge is 0.506 e. The fourth-order valence-electron chi connectivity index (χ4n) is 5.77. The highest BCUT2D eigenvalue weighted by atomic mass is 32.2. The van der Waals surface area contributed by atoms with E-state index in [-0.39, 0.29) is 11.5 Å². The summed E-state index contributed by atoms with van der Waals surface area (Å²) in [4.78, 5) is 13.8. The molecule has 7 heteroatoms. The van der Waals surface area contributed by atoms with E-state index in [1.807, 2.05) is 13.0 Å². The Morgan fingerprint density at radius 3 is 1.57 bits per heavy atom. The molecule has 0 bridgehead atoms. The van der Waals surface area contributed by atoms with Crippen molar-refractivity contribution in [2.45, 2.75) is 149 Å². The minimum atomic E-state index is -0.118. The molecule has 2 aliphatic rings. The number of carbonyl (C=O) groups excluding carboxylic acids is 1. The lowest BCUT2D eigenvalue weighted by atomic mass is 9.88. The molecule has 0 aromatic carbocycles. The van der Waals surface area contributed by atoms with Gasteiger partial charge in [0.2, 0.25) is 10.8 Å². The van der Waals surface area contributed by atoms with Crippen molar-refractivity contribution in [3.63, 3.8) is 0 Å². The van der Waals surface area contributed by atoms with Crippen molar-refractivity contribution in [2.75, 3.05) is 13.1 Å². The van der Waals surface area contributed by atoms with Crippen molar-refractivity contribution in [1.29, 1.82) is 0 Å². The minimum Gasteiger partial charge on any atom is -0.506 e. The highest BCUT2D eigenvalue weighted by Crippen LogP contribution is 2.43. The number of nitrogens with zero attached hydrogens (tertiary/aromatic N) is 3. The van der Waals surface area contributed by atoms with Crippen LogP contribution in [0.2, 0.25) is 0 Å². The number of aliphatic hydroxyl groups excluding tert-OH is 1. The molecule has 0 saturated heterocycles. The summed E-state index contributed by atoms with van der Waals surface area (Å²) in [5, 5.41) is 21.4. The standard InChI is InChI=1S/C35H55N3O2S2/c1-4-6-8-10-12-14-16-18-20-22-26-38(27-23-21-19-17-15-13-11-9-7-5-2)30-25-24-29(42-30)31-33(39)32(34(31)40)35-37-36-28(3)41-35/h24-25H,4-23,26-27H2,1-3H3/p+1. The normalized spacial score (nSPS) is 16.6. The summed E-state index contributed by atoms with van der Waals surface area (Å²) >= 11 is 2.99. The van der Waals surface area contributed by atoms with E-state index in [2.05, 4.69) is 34.7 Å². The van der Waals surface area contributed by atoms with Crippen molar-refractivity contribution >= 4 is 39.5 Å². The average Bonchev–Trinajstić information content (AvgIpc) is 3.63. The molecule has 42 heavy (non-hydrogen) atoms. The monoisotopic (exact) mass is 614 g/mol. The average molecular weight is 615 g/mol. The van der Waals surface area contributed by atoms with E-state index in [4.69, 9.17) is 0 Å². The molecular formula is C35H56N3O2S2+. The highest BCUT2D eigenvalue weighted by Gasteiger charge is 2.40. The molecule has 234 valence electrons. The molecular weight excluding hydrogens is 559 g/mol. The fraction of sp³-hybridized carbons (Fsp3) is 0.714. The number of rotatable bonds is 23. The Kier molecular flexibility index (Phi) is 16.8. The van der Waals surface area contributed by atoms with Crippen LogP contribution in [0.15, 0.2) is 28.4 Å². The lowest BCUT2D eigenvalue weighted by Crippen LogP contribution is -2.23. The maximum atomic E-state index is 13.0. The molecule has 0 unspecified atom stereocenters. The van der Waals surface area contributed by atoms with E-state index in [9.17, 15) is 9.90 Å². The smallest absolute Gasteiger partial charge is 0.239 e. The van der Waals surface area contributed by atoms with Crippen LogP contribution in [0.25, 0.3) is 5.57 Å². The van der Waals surface area contributed by atoms with E-state index in [0.29, 0.717) is 16.2 Å². The van der Waals surface area contributed by atoms with E-state index in [0.717, 1.165) is 23.0 Å². The van der Waals surface area contributed by atoms with Gasteiger partial charge >= 0.3 is 0 Å². The van der Waals surface area contributed by atoms with Crippen LogP contribution in [-0.2, 0) is 4.79 Å². The summed E-state index contributed by atoms with van der Waals surface area (Å²) in [6.07, 6.45) is 31.0. The molecule has 0 fully saturated rings. The van der Waals surface area contributed by atoms with Gasteiger partial charge in [-0.1, -0.05) is 128 Å².